The van der Waals surface area contributed by atoms with Gasteiger partial charge in [0, 0.05) is 12.1 Å². The van der Waals surface area contributed by atoms with Gasteiger partial charge in [0.2, 0.25) is 11.0 Å². The molecule has 0 aliphatic carbocycles. The molecule has 0 amide bonds. The Morgan fingerprint density at radius 2 is 1.75 bits per heavy atom. The van der Waals surface area contributed by atoms with E-state index >= 15 is 0 Å². The van der Waals surface area contributed by atoms with Crippen molar-refractivity contribution >= 4 is 22.1 Å². The van der Waals surface area contributed by atoms with Crippen LogP contribution in [0.1, 0.15) is 0 Å². The van der Waals surface area contributed by atoms with Crippen LogP contribution in [0, 0.1) is 0 Å². The second kappa shape index (κ2) is 3.17. The van der Waals surface area contributed by atoms with Crippen molar-refractivity contribution in [2.75, 3.05) is 0 Å². The third-order valence-electron chi connectivity index (χ3n) is 2.83. The molecule has 0 atom stereocenters. The van der Waals surface area contributed by atoms with Crippen LogP contribution in [0.3, 0.4) is 0 Å². The smallest absolute Gasteiger partial charge is 0.235 e. The normalized spacial score (nSPS) is 11.1. The van der Waals surface area contributed by atoms with Crippen molar-refractivity contribution in [1.82, 2.24) is 4.98 Å². The monoisotopic (exact) mass is 211 g/mol. The van der Waals surface area contributed by atoms with E-state index in [1.807, 2.05) is 48.0 Å². The summed E-state index contributed by atoms with van der Waals surface area (Å²) >= 11 is 0. The third kappa shape index (κ3) is 1.15. The number of phenols is 1. The lowest BCUT2D eigenvalue weighted by Crippen LogP contribution is -2.30. The lowest BCUT2D eigenvalue weighted by Gasteiger charge is -2.01. The predicted molar refractivity (Wildman–Crippen MR) is 62.1 cm³/mol. The Balaban J connectivity index is 2.61. The van der Waals surface area contributed by atoms with Crippen molar-refractivity contribution in [3.8, 4) is 5.75 Å². The molecule has 2 aromatic carbocycles. The number of benzene rings is 2. The number of aryl methyl sites for hydroxylation is 1. The standard InChI is InChI=1S/C13H10N2O/c1-15-10-6-3-2-5-9(10)14-13-11(15)7-4-8-12(13)16/h2-8H,1H3/p+1. The summed E-state index contributed by atoms with van der Waals surface area (Å²) < 4.78 is 2.04. The second-order valence-electron chi connectivity index (χ2n) is 3.80. The summed E-state index contributed by atoms with van der Waals surface area (Å²) in [4.78, 5) is 4.47. The first-order valence-corrected chi connectivity index (χ1v) is 5.14. The number of phenolic OH excluding ortho intramolecular Hbond substituents is 1. The van der Waals surface area contributed by atoms with Gasteiger partial charge in [-0.05, 0) is 12.1 Å². The first-order valence-electron chi connectivity index (χ1n) is 5.14. The van der Waals surface area contributed by atoms with Crippen molar-refractivity contribution in [2.24, 2.45) is 7.05 Å². The van der Waals surface area contributed by atoms with Gasteiger partial charge in [0.1, 0.15) is 18.3 Å². The van der Waals surface area contributed by atoms with Gasteiger partial charge in [0.25, 0.3) is 0 Å². The number of fused-ring (bicyclic) bond motifs is 2. The van der Waals surface area contributed by atoms with Crippen LogP contribution in [0.4, 0.5) is 0 Å². The van der Waals surface area contributed by atoms with Gasteiger partial charge in [-0.3, -0.25) is 0 Å². The number of aromatic hydroxyl groups is 1. The molecule has 0 unspecified atom stereocenters. The maximum absolute atomic E-state index is 9.78. The molecule has 3 aromatic rings. The molecule has 0 bridgehead atoms. The SMILES string of the molecule is C[n+]1c2ccccc2nc2c(O)cccc21. The Bertz CT molecular complexity index is 692. The first kappa shape index (κ1) is 9.09. The molecular formula is C13H11N2O+. The van der Waals surface area contributed by atoms with Crippen LogP contribution in [-0.4, -0.2) is 10.1 Å². The molecule has 1 N–H and O–H groups in total. The summed E-state index contributed by atoms with van der Waals surface area (Å²) in [6.07, 6.45) is 0. The highest BCUT2D eigenvalue weighted by Crippen LogP contribution is 2.21. The Hall–Kier alpha value is -2.16. The minimum absolute atomic E-state index is 0.221. The quantitative estimate of drug-likeness (QED) is 0.455. The molecule has 0 saturated heterocycles. The van der Waals surface area contributed by atoms with Gasteiger partial charge in [-0.15, -0.1) is 0 Å². The van der Waals surface area contributed by atoms with Crippen LogP contribution < -0.4 is 4.57 Å². The van der Waals surface area contributed by atoms with Crippen molar-refractivity contribution in [3.63, 3.8) is 0 Å². The van der Waals surface area contributed by atoms with E-state index in [0.29, 0.717) is 5.52 Å². The minimum atomic E-state index is 0.221. The van der Waals surface area contributed by atoms with Gasteiger partial charge < -0.3 is 5.11 Å². The van der Waals surface area contributed by atoms with E-state index in [9.17, 15) is 5.11 Å². The van der Waals surface area contributed by atoms with Crippen LogP contribution in [0.25, 0.3) is 22.1 Å². The molecule has 3 nitrogen and oxygen atoms in total. The second-order valence-corrected chi connectivity index (χ2v) is 3.80. The molecule has 1 heterocycles. The number of rotatable bonds is 0. The summed E-state index contributed by atoms with van der Waals surface area (Å²) in [5.41, 5.74) is 3.52. The average Bonchev–Trinajstić information content (AvgIpc) is 2.31. The number of hydrogen-bond acceptors (Lipinski definition) is 2. The topological polar surface area (TPSA) is 37.0 Å². The Kier molecular flexibility index (Phi) is 1.80. The van der Waals surface area contributed by atoms with Gasteiger partial charge >= 0.3 is 0 Å². The molecule has 16 heavy (non-hydrogen) atoms. The van der Waals surface area contributed by atoms with Crippen LogP contribution in [0.15, 0.2) is 42.5 Å². The van der Waals surface area contributed by atoms with Crippen LogP contribution >= 0.6 is 0 Å². The summed E-state index contributed by atoms with van der Waals surface area (Å²) in [6, 6.07) is 13.3. The largest absolute Gasteiger partial charge is 0.505 e. The van der Waals surface area contributed by atoms with Crippen LogP contribution in [0.5, 0.6) is 5.75 Å². The van der Waals surface area contributed by atoms with E-state index < -0.39 is 0 Å². The van der Waals surface area contributed by atoms with Crippen LogP contribution in [-0.2, 0) is 7.05 Å². The Morgan fingerprint density at radius 1 is 1.00 bits per heavy atom. The maximum Gasteiger partial charge on any atom is 0.235 e. The fourth-order valence-corrected chi connectivity index (χ4v) is 2.00. The zero-order valence-electron chi connectivity index (χ0n) is 8.88. The van der Waals surface area contributed by atoms with Gasteiger partial charge in [-0.1, -0.05) is 18.2 Å². The maximum atomic E-state index is 9.78. The fourth-order valence-electron chi connectivity index (χ4n) is 2.00. The fraction of sp³-hybridized carbons (Fsp3) is 0.0769. The molecule has 0 aliphatic rings. The molecule has 1 aromatic heterocycles. The molecule has 78 valence electrons. The lowest BCUT2D eigenvalue weighted by molar-refractivity contribution is -0.617. The number of nitrogens with zero attached hydrogens (tertiary/aromatic N) is 2. The molecule has 0 aliphatic heterocycles. The summed E-state index contributed by atoms with van der Waals surface area (Å²) in [7, 11) is 1.98. The first-order chi connectivity index (χ1) is 7.77. The summed E-state index contributed by atoms with van der Waals surface area (Å²) in [5.74, 6) is 0.221. The van der Waals surface area contributed by atoms with E-state index in [1.54, 1.807) is 6.07 Å². The van der Waals surface area contributed by atoms with Crippen molar-refractivity contribution < 1.29 is 9.67 Å². The summed E-state index contributed by atoms with van der Waals surface area (Å²) in [6.45, 7) is 0. The van der Waals surface area contributed by atoms with Crippen molar-refractivity contribution in [1.29, 1.82) is 0 Å². The van der Waals surface area contributed by atoms with Gasteiger partial charge in [0.15, 0.2) is 5.52 Å². The molecule has 0 radical (unpaired) electrons. The summed E-state index contributed by atoms with van der Waals surface area (Å²) in [5, 5.41) is 9.78. The van der Waals surface area contributed by atoms with Gasteiger partial charge in [-0.25, -0.2) is 4.98 Å². The molecule has 3 heteroatoms. The molecule has 0 fully saturated rings. The molecule has 0 spiro atoms. The number of aromatic nitrogens is 2. The van der Waals surface area contributed by atoms with E-state index in [0.717, 1.165) is 16.6 Å². The average molecular weight is 211 g/mol. The highest BCUT2D eigenvalue weighted by molar-refractivity contribution is 5.84. The predicted octanol–water partition coefficient (Wildman–Crippen LogP) is 1.92. The van der Waals surface area contributed by atoms with Crippen LogP contribution in [0.2, 0.25) is 0 Å². The number of para-hydroxylation sites is 3. The molecule has 0 saturated carbocycles. The van der Waals surface area contributed by atoms with Crippen molar-refractivity contribution in [2.45, 2.75) is 0 Å². The van der Waals surface area contributed by atoms with E-state index in [4.69, 9.17) is 0 Å². The van der Waals surface area contributed by atoms with Gasteiger partial charge in [-0.2, -0.15) is 4.57 Å². The Labute approximate surface area is 92.6 Å². The van der Waals surface area contributed by atoms with E-state index in [2.05, 4.69) is 4.98 Å². The number of hydrogen-bond donors (Lipinski definition) is 1. The van der Waals surface area contributed by atoms with Gasteiger partial charge in [0.05, 0.1) is 0 Å². The zero-order chi connectivity index (χ0) is 11.1. The highest BCUT2D eigenvalue weighted by atomic mass is 16.3. The van der Waals surface area contributed by atoms with E-state index in [-0.39, 0.29) is 5.75 Å². The molecule has 3 rings (SSSR count). The highest BCUT2D eigenvalue weighted by Gasteiger charge is 2.14. The van der Waals surface area contributed by atoms with E-state index in [1.165, 1.54) is 0 Å². The van der Waals surface area contributed by atoms with Crippen molar-refractivity contribution in [3.05, 3.63) is 42.5 Å². The zero-order valence-corrected chi connectivity index (χ0v) is 8.88. The third-order valence-corrected chi connectivity index (χ3v) is 2.83. The molecular weight excluding hydrogens is 200 g/mol. The lowest BCUT2D eigenvalue weighted by atomic mass is 10.2. The Morgan fingerprint density at radius 3 is 2.62 bits per heavy atom. The minimum Gasteiger partial charge on any atom is -0.505 e.